The van der Waals surface area contributed by atoms with Crippen molar-refractivity contribution in [3.8, 4) is 0 Å². The molecule has 0 bridgehead atoms. The maximum absolute atomic E-state index is 12.2. The lowest BCUT2D eigenvalue weighted by atomic mass is 10.2. The Labute approximate surface area is 134 Å². The van der Waals surface area contributed by atoms with Gasteiger partial charge in [-0.15, -0.1) is 0 Å². The number of aromatic nitrogens is 1. The molecular formula is C17H20N2O4. The van der Waals surface area contributed by atoms with E-state index < -0.39 is 5.97 Å². The van der Waals surface area contributed by atoms with Crippen LogP contribution in [0, 0.1) is 0 Å². The zero-order valence-corrected chi connectivity index (χ0v) is 13.1. The molecule has 1 fully saturated rings. The third kappa shape index (κ3) is 3.53. The predicted molar refractivity (Wildman–Crippen MR) is 85.2 cm³/mol. The van der Waals surface area contributed by atoms with Crippen LogP contribution < -0.4 is 5.32 Å². The van der Waals surface area contributed by atoms with E-state index in [-0.39, 0.29) is 18.6 Å². The van der Waals surface area contributed by atoms with Gasteiger partial charge in [-0.2, -0.15) is 0 Å². The molecule has 6 heteroatoms. The number of fused-ring (bicyclic) bond motifs is 1. The summed E-state index contributed by atoms with van der Waals surface area (Å²) >= 11 is 0. The van der Waals surface area contributed by atoms with E-state index in [0.717, 1.165) is 30.4 Å². The summed E-state index contributed by atoms with van der Waals surface area (Å²) in [5.74, 6) is -0.803. The van der Waals surface area contributed by atoms with Crippen LogP contribution in [0.1, 0.15) is 23.2 Å². The Kier molecular flexibility index (Phi) is 4.62. The van der Waals surface area contributed by atoms with E-state index >= 15 is 0 Å². The molecule has 1 N–H and O–H groups in total. The lowest BCUT2D eigenvalue weighted by Gasteiger charge is -2.10. The number of para-hydroxylation sites is 1. The lowest BCUT2D eigenvalue weighted by molar-refractivity contribution is -0.124. The quantitative estimate of drug-likeness (QED) is 0.851. The van der Waals surface area contributed by atoms with Crippen LogP contribution in [-0.4, -0.2) is 42.3 Å². The highest BCUT2D eigenvalue weighted by Gasteiger charge is 2.18. The molecule has 1 aliphatic heterocycles. The molecule has 0 spiro atoms. The molecule has 2 heterocycles. The van der Waals surface area contributed by atoms with Gasteiger partial charge in [-0.05, 0) is 18.9 Å². The molecule has 23 heavy (non-hydrogen) atoms. The van der Waals surface area contributed by atoms with Crippen molar-refractivity contribution in [3.63, 3.8) is 0 Å². The Morgan fingerprint density at radius 3 is 3.00 bits per heavy atom. The number of amides is 1. The van der Waals surface area contributed by atoms with Crippen molar-refractivity contribution in [3.05, 3.63) is 36.0 Å². The average Bonchev–Trinajstić information content (AvgIpc) is 3.19. The number of rotatable bonds is 5. The van der Waals surface area contributed by atoms with Crippen LogP contribution in [0.5, 0.6) is 0 Å². The number of esters is 1. The first-order chi connectivity index (χ1) is 11.1. The molecule has 1 aromatic carbocycles. The summed E-state index contributed by atoms with van der Waals surface area (Å²) in [5, 5.41) is 3.55. The number of ether oxygens (including phenoxy) is 2. The molecule has 1 atom stereocenters. The van der Waals surface area contributed by atoms with E-state index in [1.54, 1.807) is 6.20 Å². The highest BCUT2D eigenvalue weighted by atomic mass is 16.5. The molecule has 1 saturated heterocycles. The zero-order valence-electron chi connectivity index (χ0n) is 13.1. The number of nitrogens with one attached hydrogen (secondary N) is 1. The molecule has 0 aliphatic carbocycles. The van der Waals surface area contributed by atoms with Gasteiger partial charge < -0.3 is 19.4 Å². The number of carbonyl (C=O) groups excluding carboxylic acids is 2. The SMILES string of the molecule is Cn1cc(C(=O)OCC(=O)NCC2CCCO2)c2ccccc21. The van der Waals surface area contributed by atoms with Crippen molar-refractivity contribution in [2.45, 2.75) is 18.9 Å². The largest absolute Gasteiger partial charge is 0.452 e. The average molecular weight is 316 g/mol. The van der Waals surface area contributed by atoms with Crippen LogP contribution in [0.2, 0.25) is 0 Å². The molecule has 0 radical (unpaired) electrons. The Hall–Kier alpha value is -2.34. The molecule has 0 saturated carbocycles. The molecule has 1 aliphatic rings. The van der Waals surface area contributed by atoms with Gasteiger partial charge in [-0.1, -0.05) is 18.2 Å². The normalized spacial score (nSPS) is 17.3. The van der Waals surface area contributed by atoms with Gasteiger partial charge in [0.15, 0.2) is 6.61 Å². The van der Waals surface area contributed by atoms with Crippen molar-refractivity contribution in [1.82, 2.24) is 9.88 Å². The summed E-state index contributed by atoms with van der Waals surface area (Å²) in [4.78, 5) is 24.0. The van der Waals surface area contributed by atoms with E-state index in [2.05, 4.69) is 5.32 Å². The maximum atomic E-state index is 12.2. The molecular weight excluding hydrogens is 296 g/mol. The van der Waals surface area contributed by atoms with Crippen molar-refractivity contribution < 1.29 is 19.1 Å². The van der Waals surface area contributed by atoms with Gasteiger partial charge in [-0.3, -0.25) is 4.79 Å². The van der Waals surface area contributed by atoms with Crippen molar-refractivity contribution in [2.75, 3.05) is 19.8 Å². The summed E-state index contributed by atoms with van der Waals surface area (Å²) < 4.78 is 12.4. The van der Waals surface area contributed by atoms with Gasteiger partial charge in [0, 0.05) is 37.3 Å². The first-order valence-corrected chi connectivity index (χ1v) is 7.74. The summed E-state index contributed by atoms with van der Waals surface area (Å²) in [6.07, 6.45) is 3.77. The highest BCUT2D eigenvalue weighted by molar-refractivity contribution is 6.04. The fraction of sp³-hybridized carbons (Fsp3) is 0.412. The van der Waals surface area contributed by atoms with Crippen LogP contribution in [-0.2, 0) is 21.3 Å². The number of benzene rings is 1. The number of hydrogen-bond donors (Lipinski definition) is 1. The van der Waals surface area contributed by atoms with Crippen LogP contribution in [0.4, 0.5) is 0 Å². The molecule has 3 rings (SSSR count). The van der Waals surface area contributed by atoms with Crippen LogP contribution >= 0.6 is 0 Å². The van der Waals surface area contributed by atoms with Crippen molar-refractivity contribution in [1.29, 1.82) is 0 Å². The van der Waals surface area contributed by atoms with Gasteiger partial charge in [0.25, 0.3) is 5.91 Å². The van der Waals surface area contributed by atoms with Gasteiger partial charge in [-0.25, -0.2) is 4.79 Å². The van der Waals surface area contributed by atoms with Crippen LogP contribution in [0.3, 0.4) is 0 Å². The lowest BCUT2D eigenvalue weighted by Crippen LogP contribution is -2.34. The first kappa shape index (κ1) is 15.6. The van der Waals surface area contributed by atoms with Gasteiger partial charge >= 0.3 is 5.97 Å². The van der Waals surface area contributed by atoms with Crippen LogP contribution in [0.15, 0.2) is 30.5 Å². The third-order valence-electron chi connectivity index (χ3n) is 4.00. The Balaban J connectivity index is 1.55. The number of nitrogens with zero attached hydrogens (tertiary/aromatic N) is 1. The standard InChI is InChI=1S/C17H20N2O4/c1-19-10-14(13-6-2-3-7-15(13)19)17(21)23-11-16(20)18-9-12-5-4-8-22-12/h2-3,6-7,10,12H,4-5,8-9,11H2,1H3,(H,18,20). The van der Waals surface area contributed by atoms with E-state index in [9.17, 15) is 9.59 Å². The number of carbonyl (C=O) groups is 2. The molecule has 1 unspecified atom stereocenters. The Morgan fingerprint density at radius 1 is 1.39 bits per heavy atom. The van der Waals surface area contributed by atoms with Crippen molar-refractivity contribution in [2.24, 2.45) is 7.05 Å². The summed E-state index contributed by atoms with van der Waals surface area (Å²) in [6, 6.07) is 7.58. The fourth-order valence-electron chi connectivity index (χ4n) is 2.80. The molecule has 1 amide bonds. The van der Waals surface area contributed by atoms with E-state index in [1.165, 1.54) is 0 Å². The summed E-state index contributed by atoms with van der Waals surface area (Å²) in [5.41, 5.74) is 1.41. The minimum absolute atomic E-state index is 0.0766. The Bertz CT molecular complexity index is 716. The van der Waals surface area contributed by atoms with E-state index in [1.807, 2.05) is 35.9 Å². The molecule has 6 nitrogen and oxygen atoms in total. The zero-order chi connectivity index (χ0) is 16.2. The maximum Gasteiger partial charge on any atom is 0.340 e. The van der Waals surface area contributed by atoms with Crippen molar-refractivity contribution >= 4 is 22.8 Å². The monoisotopic (exact) mass is 316 g/mol. The minimum atomic E-state index is -0.492. The second-order valence-electron chi connectivity index (χ2n) is 5.69. The third-order valence-corrected chi connectivity index (χ3v) is 4.00. The smallest absolute Gasteiger partial charge is 0.340 e. The topological polar surface area (TPSA) is 69.6 Å². The molecule has 1 aromatic heterocycles. The van der Waals surface area contributed by atoms with Gasteiger partial charge in [0.05, 0.1) is 11.7 Å². The summed E-state index contributed by atoms with van der Waals surface area (Å²) in [7, 11) is 1.87. The first-order valence-electron chi connectivity index (χ1n) is 7.74. The minimum Gasteiger partial charge on any atom is -0.452 e. The predicted octanol–water partition coefficient (Wildman–Crippen LogP) is 1.63. The van der Waals surface area contributed by atoms with Gasteiger partial charge in [0.2, 0.25) is 0 Å². The van der Waals surface area contributed by atoms with E-state index in [0.29, 0.717) is 12.1 Å². The van der Waals surface area contributed by atoms with Gasteiger partial charge in [0.1, 0.15) is 0 Å². The number of hydrogen-bond acceptors (Lipinski definition) is 4. The second-order valence-corrected chi connectivity index (χ2v) is 5.69. The fourth-order valence-corrected chi connectivity index (χ4v) is 2.80. The van der Waals surface area contributed by atoms with E-state index in [4.69, 9.17) is 9.47 Å². The summed E-state index contributed by atoms with van der Waals surface area (Å²) in [6.45, 7) is 0.927. The van der Waals surface area contributed by atoms with Crippen LogP contribution in [0.25, 0.3) is 10.9 Å². The molecule has 2 aromatic rings. The highest BCUT2D eigenvalue weighted by Crippen LogP contribution is 2.20. The number of aryl methyl sites for hydroxylation is 1. The Morgan fingerprint density at radius 2 is 2.22 bits per heavy atom. The second kappa shape index (κ2) is 6.83. The molecule has 122 valence electrons.